The van der Waals surface area contributed by atoms with Gasteiger partial charge in [0, 0.05) is 5.56 Å². The molecule has 120 valence electrons. The Kier molecular flexibility index (Phi) is 4.80. The van der Waals surface area contributed by atoms with E-state index in [0.717, 1.165) is 12.0 Å². The Labute approximate surface area is 138 Å². The summed E-state index contributed by atoms with van der Waals surface area (Å²) in [5.74, 6) is 0.00886. The number of benzene rings is 2. The SMILES string of the molecule is CC[C@@H](NC(=O)c1ccc(C)cc1)c1ccc2c(c1)CCCC2. The summed E-state index contributed by atoms with van der Waals surface area (Å²) in [6.45, 7) is 4.16. The van der Waals surface area contributed by atoms with Crippen molar-refractivity contribution in [1.29, 1.82) is 0 Å². The number of carbonyl (C=O) groups is 1. The molecular formula is C21H25NO. The van der Waals surface area contributed by atoms with Crippen LogP contribution in [0.4, 0.5) is 0 Å². The van der Waals surface area contributed by atoms with Crippen LogP contribution in [-0.4, -0.2) is 5.91 Å². The van der Waals surface area contributed by atoms with Gasteiger partial charge in [-0.2, -0.15) is 0 Å². The van der Waals surface area contributed by atoms with Gasteiger partial charge in [0.2, 0.25) is 0 Å². The summed E-state index contributed by atoms with van der Waals surface area (Å²) in [5.41, 5.74) is 6.08. The number of carbonyl (C=O) groups excluding carboxylic acids is 1. The molecular weight excluding hydrogens is 282 g/mol. The van der Waals surface area contributed by atoms with Gasteiger partial charge in [0.05, 0.1) is 6.04 Å². The zero-order valence-electron chi connectivity index (χ0n) is 14.1. The second kappa shape index (κ2) is 6.99. The van der Waals surface area contributed by atoms with Crippen molar-refractivity contribution in [1.82, 2.24) is 5.32 Å². The average Bonchev–Trinajstić information content (AvgIpc) is 2.59. The molecule has 0 bridgehead atoms. The first kappa shape index (κ1) is 15.8. The maximum Gasteiger partial charge on any atom is 0.251 e. The van der Waals surface area contributed by atoms with E-state index in [4.69, 9.17) is 0 Å². The normalized spacial score (nSPS) is 14.9. The number of nitrogens with one attached hydrogen (secondary N) is 1. The van der Waals surface area contributed by atoms with E-state index in [2.05, 4.69) is 30.4 Å². The minimum absolute atomic E-state index is 0.00886. The molecule has 2 aromatic carbocycles. The van der Waals surface area contributed by atoms with Crippen molar-refractivity contribution in [3.8, 4) is 0 Å². The van der Waals surface area contributed by atoms with Crippen LogP contribution in [0.2, 0.25) is 0 Å². The lowest BCUT2D eigenvalue weighted by Crippen LogP contribution is -2.28. The Morgan fingerprint density at radius 2 is 1.74 bits per heavy atom. The number of fused-ring (bicyclic) bond motifs is 1. The Balaban J connectivity index is 1.77. The van der Waals surface area contributed by atoms with Crippen LogP contribution in [0, 0.1) is 6.92 Å². The molecule has 2 aromatic rings. The molecule has 23 heavy (non-hydrogen) atoms. The second-order valence-corrected chi connectivity index (χ2v) is 6.54. The predicted octanol–water partition coefficient (Wildman–Crippen LogP) is 4.75. The van der Waals surface area contributed by atoms with Crippen LogP contribution in [0.5, 0.6) is 0 Å². The summed E-state index contributed by atoms with van der Waals surface area (Å²) in [7, 11) is 0. The van der Waals surface area contributed by atoms with Crippen LogP contribution in [0.15, 0.2) is 42.5 Å². The van der Waals surface area contributed by atoms with Crippen molar-refractivity contribution in [2.45, 2.75) is 52.0 Å². The summed E-state index contributed by atoms with van der Waals surface area (Å²) in [4.78, 5) is 12.5. The third-order valence-corrected chi connectivity index (χ3v) is 4.80. The third kappa shape index (κ3) is 3.64. The van der Waals surface area contributed by atoms with Gasteiger partial charge in [0.25, 0.3) is 5.91 Å². The van der Waals surface area contributed by atoms with E-state index >= 15 is 0 Å². The topological polar surface area (TPSA) is 29.1 Å². The van der Waals surface area contributed by atoms with Gasteiger partial charge >= 0.3 is 0 Å². The second-order valence-electron chi connectivity index (χ2n) is 6.54. The van der Waals surface area contributed by atoms with E-state index in [1.807, 2.05) is 31.2 Å². The van der Waals surface area contributed by atoms with E-state index in [0.29, 0.717) is 0 Å². The number of rotatable bonds is 4. The molecule has 0 radical (unpaired) electrons. The van der Waals surface area contributed by atoms with Gasteiger partial charge in [-0.25, -0.2) is 0 Å². The average molecular weight is 307 g/mol. The largest absolute Gasteiger partial charge is 0.345 e. The highest BCUT2D eigenvalue weighted by Crippen LogP contribution is 2.26. The minimum atomic E-state index is 0.00886. The standard InChI is InChI=1S/C21H25NO/c1-3-20(22-21(23)17-10-8-15(2)9-11-17)19-13-12-16-6-4-5-7-18(16)14-19/h8-14,20H,3-7H2,1-2H3,(H,22,23)/t20-/m1/s1. The zero-order valence-corrected chi connectivity index (χ0v) is 14.1. The zero-order chi connectivity index (χ0) is 16.2. The van der Waals surface area contributed by atoms with Gasteiger partial charge in [-0.3, -0.25) is 4.79 Å². The molecule has 0 saturated carbocycles. The lowest BCUT2D eigenvalue weighted by atomic mass is 9.88. The van der Waals surface area contributed by atoms with Crippen LogP contribution in [0.25, 0.3) is 0 Å². The first-order chi connectivity index (χ1) is 11.2. The highest BCUT2D eigenvalue weighted by atomic mass is 16.1. The molecule has 1 aliphatic rings. The summed E-state index contributed by atoms with van der Waals surface area (Å²) in [5, 5.41) is 3.19. The van der Waals surface area contributed by atoms with Crippen LogP contribution < -0.4 is 5.32 Å². The van der Waals surface area contributed by atoms with Crippen molar-refractivity contribution >= 4 is 5.91 Å². The summed E-state index contributed by atoms with van der Waals surface area (Å²) >= 11 is 0. The fourth-order valence-electron chi connectivity index (χ4n) is 3.34. The fourth-order valence-corrected chi connectivity index (χ4v) is 3.34. The molecule has 0 saturated heterocycles. The molecule has 2 nitrogen and oxygen atoms in total. The van der Waals surface area contributed by atoms with Gasteiger partial charge in [-0.15, -0.1) is 0 Å². The van der Waals surface area contributed by atoms with Gasteiger partial charge in [0.15, 0.2) is 0 Å². The monoisotopic (exact) mass is 307 g/mol. The van der Waals surface area contributed by atoms with Gasteiger partial charge in [-0.05, 0) is 67.9 Å². The number of hydrogen-bond acceptors (Lipinski definition) is 1. The van der Waals surface area contributed by atoms with Crippen molar-refractivity contribution in [3.63, 3.8) is 0 Å². The fraction of sp³-hybridized carbons (Fsp3) is 0.381. The van der Waals surface area contributed by atoms with E-state index in [1.165, 1.54) is 47.9 Å². The number of hydrogen-bond donors (Lipinski definition) is 1. The first-order valence-electron chi connectivity index (χ1n) is 8.66. The molecule has 2 heteroatoms. The van der Waals surface area contributed by atoms with Gasteiger partial charge in [0.1, 0.15) is 0 Å². The summed E-state index contributed by atoms with van der Waals surface area (Å²) in [6.07, 6.45) is 5.85. The quantitative estimate of drug-likeness (QED) is 0.867. The molecule has 1 amide bonds. The lowest BCUT2D eigenvalue weighted by molar-refractivity contribution is 0.0935. The molecule has 0 heterocycles. The Morgan fingerprint density at radius 3 is 2.43 bits per heavy atom. The summed E-state index contributed by atoms with van der Waals surface area (Å²) < 4.78 is 0. The van der Waals surface area contributed by atoms with Gasteiger partial charge < -0.3 is 5.32 Å². The molecule has 0 fully saturated rings. The van der Waals surface area contributed by atoms with E-state index in [1.54, 1.807) is 0 Å². The predicted molar refractivity (Wildman–Crippen MR) is 94.8 cm³/mol. The van der Waals surface area contributed by atoms with Crippen molar-refractivity contribution in [2.24, 2.45) is 0 Å². The Bertz CT molecular complexity index is 687. The molecule has 1 aliphatic carbocycles. The maximum atomic E-state index is 12.5. The van der Waals surface area contributed by atoms with Crippen molar-refractivity contribution in [2.75, 3.05) is 0 Å². The minimum Gasteiger partial charge on any atom is -0.345 e. The van der Waals surface area contributed by atoms with Crippen LogP contribution in [-0.2, 0) is 12.8 Å². The molecule has 1 N–H and O–H groups in total. The van der Waals surface area contributed by atoms with E-state index in [-0.39, 0.29) is 11.9 Å². The van der Waals surface area contributed by atoms with E-state index in [9.17, 15) is 4.79 Å². The number of aryl methyl sites for hydroxylation is 3. The Morgan fingerprint density at radius 1 is 1.04 bits per heavy atom. The smallest absolute Gasteiger partial charge is 0.251 e. The highest BCUT2D eigenvalue weighted by molar-refractivity contribution is 5.94. The molecule has 3 rings (SSSR count). The molecule has 0 unspecified atom stereocenters. The van der Waals surface area contributed by atoms with Gasteiger partial charge in [-0.1, -0.05) is 42.8 Å². The Hall–Kier alpha value is -2.09. The summed E-state index contributed by atoms with van der Waals surface area (Å²) in [6, 6.07) is 14.6. The first-order valence-corrected chi connectivity index (χ1v) is 8.66. The van der Waals surface area contributed by atoms with Crippen LogP contribution in [0.3, 0.4) is 0 Å². The molecule has 1 atom stereocenters. The highest BCUT2D eigenvalue weighted by Gasteiger charge is 2.16. The maximum absolute atomic E-state index is 12.5. The molecule has 0 aromatic heterocycles. The van der Waals surface area contributed by atoms with Crippen molar-refractivity contribution in [3.05, 3.63) is 70.3 Å². The lowest BCUT2D eigenvalue weighted by Gasteiger charge is -2.22. The third-order valence-electron chi connectivity index (χ3n) is 4.80. The molecule has 0 spiro atoms. The van der Waals surface area contributed by atoms with Crippen LogP contribution in [0.1, 0.15) is 64.8 Å². The van der Waals surface area contributed by atoms with Crippen molar-refractivity contribution < 1.29 is 4.79 Å². The van der Waals surface area contributed by atoms with E-state index < -0.39 is 0 Å². The number of amides is 1. The molecule has 0 aliphatic heterocycles. The van der Waals surface area contributed by atoms with Crippen LogP contribution >= 0.6 is 0 Å².